The van der Waals surface area contributed by atoms with E-state index in [4.69, 9.17) is 16.3 Å². The zero-order valence-electron chi connectivity index (χ0n) is 14.8. The van der Waals surface area contributed by atoms with Crippen molar-refractivity contribution in [2.45, 2.75) is 32.6 Å². The molecule has 1 saturated heterocycles. The minimum absolute atomic E-state index is 0.0120. The minimum Gasteiger partial charge on any atom is -0.373 e. The maximum Gasteiger partial charge on any atom is 0.288 e. The monoisotopic (exact) mass is 410 g/mol. The molecule has 0 radical (unpaired) electrons. The van der Waals surface area contributed by atoms with E-state index in [2.05, 4.69) is 15.2 Å². The Morgan fingerprint density at radius 3 is 2.81 bits per heavy atom. The van der Waals surface area contributed by atoms with Gasteiger partial charge < -0.3 is 4.74 Å². The highest BCUT2D eigenvalue weighted by molar-refractivity contribution is 7.14. The van der Waals surface area contributed by atoms with Crippen molar-refractivity contribution in [2.75, 3.05) is 18.4 Å². The topological polar surface area (TPSA) is 97.6 Å². The molecule has 1 aliphatic rings. The zero-order valence-corrected chi connectivity index (χ0v) is 16.4. The minimum atomic E-state index is -0.620. The molecule has 10 heteroatoms. The Morgan fingerprint density at radius 2 is 2.15 bits per heavy atom. The molecule has 3 rings (SSSR count). The molecule has 144 valence electrons. The predicted octanol–water partition coefficient (Wildman–Crippen LogP) is 3.57. The number of carbonyl (C=O) groups is 1. The Kier molecular flexibility index (Phi) is 6.05. The molecule has 0 saturated carbocycles. The first kappa shape index (κ1) is 19.7. The largest absolute Gasteiger partial charge is 0.373 e. The number of hydrogen-bond acceptors (Lipinski definition) is 7. The van der Waals surface area contributed by atoms with Crippen LogP contribution >= 0.6 is 22.9 Å². The van der Waals surface area contributed by atoms with Gasteiger partial charge in [-0.2, -0.15) is 0 Å². The molecular weight excluding hydrogens is 392 g/mol. The number of nitrogens with zero attached hydrogens (tertiary/aromatic N) is 3. The van der Waals surface area contributed by atoms with Gasteiger partial charge in [-0.25, -0.2) is 4.98 Å². The Bertz CT molecular complexity index is 849. The Labute approximate surface area is 165 Å². The summed E-state index contributed by atoms with van der Waals surface area (Å²) in [5, 5.41) is 16.0. The van der Waals surface area contributed by atoms with Crippen LogP contribution in [0.2, 0.25) is 5.02 Å². The lowest BCUT2D eigenvalue weighted by Crippen LogP contribution is -2.44. The third-order valence-electron chi connectivity index (χ3n) is 4.06. The van der Waals surface area contributed by atoms with Gasteiger partial charge >= 0.3 is 0 Å². The number of nitrogens with one attached hydrogen (secondary N) is 1. The third-order valence-corrected chi connectivity index (χ3v) is 5.18. The fraction of sp³-hybridized carbons (Fsp3) is 0.412. The fourth-order valence-electron chi connectivity index (χ4n) is 3.04. The number of hydrogen-bond donors (Lipinski definition) is 1. The van der Waals surface area contributed by atoms with Gasteiger partial charge in [0.05, 0.1) is 22.8 Å². The van der Waals surface area contributed by atoms with E-state index in [0.717, 1.165) is 24.8 Å². The third kappa shape index (κ3) is 5.01. The highest BCUT2D eigenvalue weighted by Crippen LogP contribution is 2.26. The van der Waals surface area contributed by atoms with Crippen molar-refractivity contribution in [2.24, 2.45) is 0 Å². The van der Waals surface area contributed by atoms with Crippen molar-refractivity contribution in [3.63, 3.8) is 0 Å². The summed E-state index contributed by atoms with van der Waals surface area (Å²) in [6, 6.07) is 3.93. The number of ether oxygens (including phenoxy) is 1. The predicted molar refractivity (Wildman–Crippen MR) is 103 cm³/mol. The molecule has 1 aromatic carbocycles. The summed E-state index contributed by atoms with van der Waals surface area (Å²) < 4.78 is 5.72. The molecule has 27 heavy (non-hydrogen) atoms. The highest BCUT2D eigenvalue weighted by atomic mass is 35.5. The van der Waals surface area contributed by atoms with Crippen LogP contribution in [0, 0.1) is 10.1 Å². The van der Waals surface area contributed by atoms with Gasteiger partial charge in [0.1, 0.15) is 5.02 Å². The molecule has 0 bridgehead atoms. The summed E-state index contributed by atoms with van der Waals surface area (Å²) in [5.74, 6) is -0.468. The lowest BCUT2D eigenvalue weighted by molar-refractivity contribution is -0.384. The number of anilines is 1. The van der Waals surface area contributed by atoms with Crippen LogP contribution in [0.5, 0.6) is 0 Å². The second-order valence-electron chi connectivity index (χ2n) is 6.47. The summed E-state index contributed by atoms with van der Waals surface area (Å²) in [4.78, 5) is 29.4. The molecule has 2 aromatic rings. The van der Waals surface area contributed by atoms with Crippen molar-refractivity contribution in [3.8, 4) is 0 Å². The molecule has 1 fully saturated rings. The number of carbonyl (C=O) groups excluding carboxylic acids is 1. The second-order valence-corrected chi connectivity index (χ2v) is 7.74. The first-order valence-corrected chi connectivity index (χ1v) is 9.65. The number of nitro groups is 1. The Hall–Kier alpha value is -2.07. The smallest absolute Gasteiger partial charge is 0.288 e. The second kappa shape index (κ2) is 8.30. The van der Waals surface area contributed by atoms with Crippen molar-refractivity contribution in [1.82, 2.24) is 9.88 Å². The van der Waals surface area contributed by atoms with Gasteiger partial charge in [0.2, 0.25) is 0 Å². The van der Waals surface area contributed by atoms with Crippen LogP contribution in [-0.2, 0) is 11.3 Å². The number of aromatic nitrogens is 1. The number of benzene rings is 1. The van der Waals surface area contributed by atoms with Gasteiger partial charge in [0, 0.05) is 36.6 Å². The van der Waals surface area contributed by atoms with E-state index >= 15 is 0 Å². The fourth-order valence-corrected chi connectivity index (χ4v) is 3.93. The lowest BCUT2D eigenvalue weighted by atomic mass is 10.2. The van der Waals surface area contributed by atoms with E-state index in [1.54, 1.807) is 0 Å². The van der Waals surface area contributed by atoms with Crippen LogP contribution < -0.4 is 5.32 Å². The van der Waals surface area contributed by atoms with Gasteiger partial charge in [0.25, 0.3) is 11.6 Å². The van der Waals surface area contributed by atoms with Gasteiger partial charge in [-0.3, -0.25) is 25.1 Å². The van der Waals surface area contributed by atoms with E-state index in [0.29, 0.717) is 11.7 Å². The summed E-state index contributed by atoms with van der Waals surface area (Å²) in [6.07, 6.45) is 0.347. The molecule has 0 aliphatic carbocycles. The van der Waals surface area contributed by atoms with E-state index in [1.807, 2.05) is 19.2 Å². The van der Waals surface area contributed by atoms with E-state index in [1.165, 1.54) is 23.5 Å². The number of nitro benzene ring substituents is 1. The Morgan fingerprint density at radius 1 is 1.44 bits per heavy atom. The normalized spacial score (nSPS) is 20.4. The summed E-state index contributed by atoms with van der Waals surface area (Å²) in [7, 11) is 0. The average molecular weight is 411 g/mol. The van der Waals surface area contributed by atoms with Gasteiger partial charge in [-0.05, 0) is 26.0 Å². The van der Waals surface area contributed by atoms with Gasteiger partial charge in [0.15, 0.2) is 5.13 Å². The first-order chi connectivity index (χ1) is 12.8. The molecule has 2 atom stereocenters. The van der Waals surface area contributed by atoms with Crippen LogP contribution in [0.4, 0.5) is 10.8 Å². The van der Waals surface area contributed by atoms with Crippen LogP contribution in [0.1, 0.15) is 29.9 Å². The summed E-state index contributed by atoms with van der Waals surface area (Å²) >= 11 is 7.09. The summed E-state index contributed by atoms with van der Waals surface area (Å²) in [5.41, 5.74) is 0.706. The molecule has 1 aromatic heterocycles. The van der Waals surface area contributed by atoms with E-state index in [9.17, 15) is 14.9 Å². The van der Waals surface area contributed by atoms with Gasteiger partial charge in [-0.15, -0.1) is 11.3 Å². The number of rotatable bonds is 5. The number of amides is 1. The van der Waals surface area contributed by atoms with Gasteiger partial charge in [-0.1, -0.05) is 11.6 Å². The van der Waals surface area contributed by atoms with E-state index in [-0.39, 0.29) is 28.5 Å². The molecule has 8 nitrogen and oxygen atoms in total. The zero-order chi connectivity index (χ0) is 19.6. The number of halogens is 1. The molecule has 2 heterocycles. The molecular formula is C17H19ClN4O4S. The first-order valence-electron chi connectivity index (χ1n) is 8.39. The average Bonchev–Trinajstić information content (AvgIpc) is 3.00. The quantitative estimate of drug-likeness (QED) is 0.597. The molecule has 1 aliphatic heterocycles. The standard InChI is InChI=1S/C17H19ClN4O4S/c1-10-6-21(7-11(2)26-10)8-13-9-27-17(19-13)20-16(23)12-3-4-14(18)15(5-12)22(24)25/h3-5,9-11H,6-8H2,1-2H3,(H,19,20,23)/t10-,11-/m1/s1. The SMILES string of the molecule is C[C@@H]1CN(Cc2csc(NC(=O)c3ccc(Cl)c([N+](=O)[O-])c3)n2)C[C@@H](C)O1. The number of thiazole rings is 1. The molecule has 1 N–H and O–H groups in total. The molecule has 1 amide bonds. The molecule has 0 unspecified atom stereocenters. The molecule has 0 spiro atoms. The van der Waals surface area contributed by atoms with Crippen molar-refractivity contribution in [3.05, 3.63) is 50.0 Å². The van der Waals surface area contributed by atoms with Crippen molar-refractivity contribution >= 4 is 39.7 Å². The Balaban J connectivity index is 1.64. The van der Waals surface area contributed by atoms with Crippen molar-refractivity contribution < 1.29 is 14.5 Å². The van der Waals surface area contributed by atoms with Crippen LogP contribution in [-0.4, -0.2) is 46.0 Å². The lowest BCUT2D eigenvalue weighted by Gasteiger charge is -2.34. The van der Waals surface area contributed by atoms with Crippen LogP contribution in [0.15, 0.2) is 23.6 Å². The summed E-state index contributed by atoms with van der Waals surface area (Å²) in [6.45, 7) is 6.42. The maximum absolute atomic E-state index is 12.3. The van der Waals surface area contributed by atoms with Crippen LogP contribution in [0.3, 0.4) is 0 Å². The van der Waals surface area contributed by atoms with Crippen molar-refractivity contribution in [1.29, 1.82) is 0 Å². The highest BCUT2D eigenvalue weighted by Gasteiger charge is 2.23. The number of morpholine rings is 1. The van der Waals surface area contributed by atoms with Crippen LogP contribution in [0.25, 0.3) is 0 Å². The maximum atomic E-state index is 12.3. The van der Waals surface area contributed by atoms with E-state index < -0.39 is 10.8 Å².